The predicted octanol–water partition coefficient (Wildman–Crippen LogP) is 1.01. The van der Waals surface area contributed by atoms with Gasteiger partial charge in [-0.15, -0.1) is 0 Å². The van der Waals surface area contributed by atoms with E-state index in [4.69, 9.17) is 14.2 Å². The number of methoxy groups -OCH3 is 1. The summed E-state index contributed by atoms with van der Waals surface area (Å²) in [6, 6.07) is 8.38. The molecule has 1 unspecified atom stereocenters. The molecule has 6 nitrogen and oxygen atoms in total. The number of ketones is 1. The van der Waals surface area contributed by atoms with Crippen LogP contribution >= 0.6 is 0 Å². The van der Waals surface area contributed by atoms with Gasteiger partial charge in [0, 0.05) is 12.7 Å². The van der Waals surface area contributed by atoms with Gasteiger partial charge < -0.3 is 19.5 Å². The van der Waals surface area contributed by atoms with Crippen molar-refractivity contribution in [2.45, 2.75) is 19.1 Å². The standard InChI is InChI=1S/C16H21NO5/c1-11(22-10-21-9-8-20-2)13-14(17-16(13)19)15(18)12-6-4-3-5-7-12/h3-7,11,13-14H,8-10H2,1-2H3,(H,17,19)/t11?,13-,14+/m0/s1. The normalized spacial score (nSPS) is 21.8. The van der Waals surface area contributed by atoms with Crippen LogP contribution < -0.4 is 5.32 Å². The van der Waals surface area contributed by atoms with E-state index >= 15 is 0 Å². The summed E-state index contributed by atoms with van der Waals surface area (Å²) in [5.41, 5.74) is 0.584. The van der Waals surface area contributed by atoms with Gasteiger partial charge in [0.1, 0.15) is 12.8 Å². The summed E-state index contributed by atoms with van der Waals surface area (Å²) < 4.78 is 15.6. The number of hydrogen-bond donors (Lipinski definition) is 1. The maximum absolute atomic E-state index is 12.4. The van der Waals surface area contributed by atoms with Crippen molar-refractivity contribution in [1.82, 2.24) is 5.32 Å². The molecule has 1 aromatic rings. The second kappa shape index (κ2) is 8.03. The molecule has 1 N–H and O–H groups in total. The molecular formula is C16H21NO5. The van der Waals surface area contributed by atoms with Gasteiger partial charge in [0.15, 0.2) is 5.78 Å². The predicted molar refractivity (Wildman–Crippen MR) is 79.4 cm³/mol. The number of amides is 1. The molecule has 1 fully saturated rings. The Morgan fingerprint density at radius 1 is 1.27 bits per heavy atom. The Bertz CT molecular complexity index is 505. The molecule has 0 spiro atoms. The molecule has 0 saturated carbocycles. The lowest BCUT2D eigenvalue weighted by Crippen LogP contribution is -2.65. The van der Waals surface area contributed by atoms with Gasteiger partial charge >= 0.3 is 0 Å². The van der Waals surface area contributed by atoms with Crippen molar-refractivity contribution in [2.24, 2.45) is 5.92 Å². The van der Waals surface area contributed by atoms with Crippen LogP contribution in [-0.4, -0.2) is 51.0 Å². The Labute approximate surface area is 129 Å². The van der Waals surface area contributed by atoms with Crippen LogP contribution in [0.4, 0.5) is 0 Å². The van der Waals surface area contributed by atoms with E-state index < -0.39 is 18.1 Å². The van der Waals surface area contributed by atoms with Crippen LogP contribution in [0.5, 0.6) is 0 Å². The molecule has 1 saturated heterocycles. The van der Waals surface area contributed by atoms with Crippen LogP contribution in [0.25, 0.3) is 0 Å². The molecule has 1 heterocycles. The largest absolute Gasteiger partial charge is 0.382 e. The summed E-state index contributed by atoms with van der Waals surface area (Å²) in [5.74, 6) is -0.752. The monoisotopic (exact) mass is 307 g/mol. The molecular weight excluding hydrogens is 286 g/mol. The zero-order chi connectivity index (χ0) is 15.9. The Balaban J connectivity index is 1.86. The minimum atomic E-state index is -0.538. The van der Waals surface area contributed by atoms with Gasteiger partial charge in [-0.05, 0) is 6.92 Å². The number of β-lactam (4-membered cyclic amide) rings is 1. The van der Waals surface area contributed by atoms with Gasteiger partial charge in [-0.1, -0.05) is 30.3 Å². The summed E-state index contributed by atoms with van der Waals surface area (Å²) in [6.07, 6.45) is -0.394. The first-order chi connectivity index (χ1) is 10.6. The second-order valence-corrected chi connectivity index (χ2v) is 5.13. The molecule has 1 aromatic carbocycles. The van der Waals surface area contributed by atoms with Gasteiger partial charge in [-0.2, -0.15) is 0 Å². The number of benzene rings is 1. The van der Waals surface area contributed by atoms with Crippen LogP contribution in [0.1, 0.15) is 17.3 Å². The minimum absolute atomic E-state index is 0.0700. The first-order valence-corrected chi connectivity index (χ1v) is 7.23. The molecule has 0 aromatic heterocycles. The zero-order valence-corrected chi connectivity index (χ0v) is 12.8. The summed E-state index contributed by atoms with van der Waals surface area (Å²) in [6.45, 7) is 2.75. The maximum Gasteiger partial charge on any atom is 0.228 e. The van der Waals surface area contributed by atoms with Crippen LogP contribution in [0.3, 0.4) is 0 Å². The van der Waals surface area contributed by atoms with E-state index in [2.05, 4.69) is 5.32 Å². The van der Waals surface area contributed by atoms with Crippen molar-refractivity contribution >= 4 is 11.7 Å². The Morgan fingerprint density at radius 2 is 2.00 bits per heavy atom. The lowest BCUT2D eigenvalue weighted by molar-refractivity contribution is -0.151. The van der Waals surface area contributed by atoms with Crippen LogP contribution in [0.2, 0.25) is 0 Å². The van der Waals surface area contributed by atoms with Gasteiger partial charge in [-0.25, -0.2) is 0 Å². The van der Waals surface area contributed by atoms with Crippen molar-refractivity contribution in [3.05, 3.63) is 35.9 Å². The van der Waals surface area contributed by atoms with Crippen LogP contribution in [-0.2, 0) is 19.0 Å². The molecule has 3 atom stereocenters. The summed E-state index contributed by atoms with van der Waals surface area (Å²) in [5, 5.41) is 2.65. The van der Waals surface area contributed by atoms with Gasteiger partial charge in [-0.3, -0.25) is 9.59 Å². The molecule has 22 heavy (non-hydrogen) atoms. The highest BCUT2D eigenvalue weighted by Gasteiger charge is 2.47. The zero-order valence-electron chi connectivity index (χ0n) is 12.8. The molecule has 0 radical (unpaired) electrons. The number of hydrogen-bond acceptors (Lipinski definition) is 5. The van der Waals surface area contributed by atoms with Gasteiger partial charge in [0.2, 0.25) is 5.91 Å². The molecule has 2 rings (SSSR count). The molecule has 0 bridgehead atoms. The van der Waals surface area contributed by atoms with E-state index in [0.29, 0.717) is 18.8 Å². The Hall–Kier alpha value is -1.76. The molecule has 1 amide bonds. The maximum atomic E-state index is 12.4. The lowest BCUT2D eigenvalue weighted by atomic mass is 9.81. The SMILES string of the molecule is COCCOCOC(C)[C@@H]1C(=O)N[C@H]1C(=O)c1ccccc1. The quantitative estimate of drug-likeness (QED) is 0.319. The number of Topliss-reactive ketones (excluding diaryl/α,β-unsaturated/α-hetero) is 1. The van der Waals surface area contributed by atoms with Crippen LogP contribution in [0, 0.1) is 5.92 Å². The van der Waals surface area contributed by atoms with Gasteiger partial charge in [0.25, 0.3) is 0 Å². The topological polar surface area (TPSA) is 73.9 Å². The third kappa shape index (κ3) is 3.91. The van der Waals surface area contributed by atoms with E-state index in [1.165, 1.54) is 0 Å². The summed E-state index contributed by atoms with van der Waals surface area (Å²) in [7, 11) is 1.59. The van der Waals surface area contributed by atoms with E-state index in [0.717, 1.165) is 0 Å². The number of nitrogens with one attached hydrogen (secondary N) is 1. The van der Waals surface area contributed by atoms with E-state index in [-0.39, 0.29) is 18.5 Å². The molecule has 1 aliphatic rings. The van der Waals surface area contributed by atoms with Crippen molar-refractivity contribution in [2.75, 3.05) is 27.1 Å². The fourth-order valence-electron chi connectivity index (χ4n) is 2.35. The summed E-state index contributed by atoms with van der Waals surface area (Å²) >= 11 is 0. The fraction of sp³-hybridized carbons (Fsp3) is 0.500. The first-order valence-electron chi connectivity index (χ1n) is 7.23. The third-order valence-corrected chi connectivity index (χ3v) is 3.65. The molecule has 6 heteroatoms. The smallest absolute Gasteiger partial charge is 0.228 e. The second-order valence-electron chi connectivity index (χ2n) is 5.13. The minimum Gasteiger partial charge on any atom is -0.382 e. The fourth-order valence-corrected chi connectivity index (χ4v) is 2.35. The Kier molecular flexibility index (Phi) is 6.06. The van der Waals surface area contributed by atoms with E-state index in [1.807, 2.05) is 6.07 Å². The third-order valence-electron chi connectivity index (χ3n) is 3.65. The van der Waals surface area contributed by atoms with Crippen molar-refractivity contribution in [3.63, 3.8) is 0 Å². The number of carbonyl (C=O) groups is 2. The van der Waals surface area contributed by atoms with Crippen molar-refractivity contribution in [3.8, 4) is 0 Å². The number of carbonyl (C=O) groups excluding carboxylic acids is 2. The average molecular weight is 307 g/mol. The number of ether oxygens (including phenoxy) is 3. The molecule has 1 aliphatic heterocycles. The van der Waals surface area contributed by atoms with E-state index in [1.54, 1.807) is 38.3 Å². The van der Waals surface area contributed by atoms with Crippen molar-refractivity contribution in [1.29, 1.82) is 0 Å². The molecule has 120 valence electrons. The number of rotatable bonds is 9. The van der Waals surface area contributed by atoms with Gasteiger partial charge in [0.05, 0.1) is 25.2 Å². The average Bonchev–Trinajstić information content (AvgIpc) is 2.52. The Morgan fingerprint density at radius 3 is 2.64 bits per heavy atom. The van der Waals surface area contributed by atoms with Crippen molar-refractivity contribution < 1.29 is 23.8 Å². The highest BCUT2D eigenvalue weighted by Crippen LogP contribution is 2.24. The first kappa shape index (κ1) is 16.6. The molecule has 0 aliphatic carbocycles. The van der Waals surface area contributed by atoms with E-state index in [9.17, 15) is 9.59 Å². The highest BCUT2D eigenvalue weighted by atomic mass is 16.7. The highest BCUT2D eigenvalue weighted by molar-refractivity contribution is 6.08. The lowest BCUT2D eigenvalue weighted by Gasteiger charge is -2.38. The summed E-state index contributed by atoms with van der Waals surface area (Å²) in [4.78, 5) is 24.1. The van der Waals surface area contributed by atoms with Crippen LogP contribution in [0.15, 0.2) is 30.3 Å².